The van der Waals surface area contributed by atoms with Gasteiger partial charge in [-0.05, 0) is 31.1 Å². The summed E-state index contributed by atoms with van der Waals surface area (Å²) in [4.78, 5) is 25.1. The number of amides is 2. The van der Waals surface area contributed by atoms with Crippen molar-refractivity contribution < 1.29 is 14.7 Å². The zero-order chi connectivity index (χ0) is 14.7. The molecule has 20 heavy (non-hydrogen) atoms. The van der Waals surface area contributed by atoms with Crippen LogP contribution >= 0.6 is 11.8 Å². The van der Waals surface area contributed by atoms with Crippen LogP contribution in [-0.2, 0) is 4.79 Å². The number of carboxylic acid groups (broad SMARTS) is 1. The molecule has 0 radical (unpaired) electrons. The molecule has 4 atom stereocenters. The predicted octanol–water partition coefficient (Wildman–Crippen LogP) is 2.02. The van der Waals surface area contributed by atoms with Crippen molar-refractivity contribution in [3.8, 4) is 0 Å². The maximum atomic E-state index is 12.4. The van der Waals surface area contributed by atoms with Crippen LogP contribution in [0.5, 0.6) is 0 Å². The highest BCUT2D eigenvalue weighted by Crippen LogP contribution is 2.29. The van der Waals surface area contributed by atoms with E-state index in [1.807, 2.05) is 0 Å². The lowest BCUT2D eigenvalue weighted by atomic mass is 9.80. The number of aliphatic carboxylic acids is 1. The van der Waals surface area contributed by atoms with Crippen molar-refractivity contribution in [1.29, 1.82) is 0 Å². The summed E-state index contributed by atoms with van der Waals surface area (Å²) in [6, 6.07) is -0.710. The maximum Gasteiger partial charge on any atom is 0.327 e. The van der Waals surface area contributed by atoms with E-state index in [1.165, 1.54) is 4.90 Å². The first-order valence-corrected chi connectivity index (χ1v) is 8.52. The van der Waals surface area contributed by atoms with Gasteiger partial charge in [0, 0.05) is 24.1 Å². The van der Waals surface area contributed by atoms with E-state index in [2.05, 4.69) is 19.2 Å². The smallest absolute Gasteiger partial charge is 0.327 e. The molecule has 2 fully saturated rings. The second-order valence-electron chi connectivity index (χ2n) is 6.07. The predicted molar refractivity (Wildman–Crippen MR) is 80.0 cm³/mol. The van der Waals surface area contributed by atoms with Crippen LogP contribution in [0.3, 0.4) is 0 Å². The number of carbonyl (C=O) groups excluding carboxylic acids is 1. The number of hydrogen-bond acceptors (Lipinski definition) is 3. The Hall–Kier alpha value is -0.910. The topological polar surface area (TPSA) is 69.6 Å². The van der Waals surface area contributed by atoms with Gasteiger partial charge in [0.25, 0.3) is 0 Å². The van der Waals surface area contributed by atoms with Gasteiger partial charge in [-0.25, -0.2) is 9.59 Å². The molecule has 1 aliphatic heterocycles. The third-order valence-electron chi connectivity index (χ3n) is 4.41. The van der Waals surface area contributed by atoms with E-state index in [0.717, 1.165) is 30.9 Å². The molecule has 1 heterocycles. The Morgan fingerprint density at radius 1 is 1.30 bits per heavy atom. The summed E-state index contributed by atoms with van der Waals surface area (Å²) in [5.41, 5.74) is 0. The van der Waals surface area contributed by atoms with E-state index in [-0.39, 0.29) is 12.1 Å². The average Bonchev–Trinajstić information content (AvgIpc) is 2.41. The molecule has 2 N–H and O–H groups in total. The summed E-state index contributed by atoms with van der Waals surface area (Å²) in [5, 5.41) is 12.3. The Balaban J connectivity index is 1.94. The van der Waals surface area contributed by atoms with Crippen molar-refractivity contribution in [1.82, 2.24) is 10.2 Å². The largest absolute Gasteiger partial charge is 0.480 e. The van der Waals surface area contributed by atoms with E-state index in [4.69, 9.17) is 0 Å². The Kier molecular flexibility index (Phi) is 5.18. The number of nitrogens with zero attached hydrogens (tertiary/aromatic N) is 1. The van der Waals surface area contributed by atoms with Gasteiger partial charge in [-0.15, -0.1) is 0 Å². The van der Waals surface area contributed by atoms with Gasteiger partial charge < -0.3 is 15.3 Å². The van der Waals surface area contributed by atoms with E-state index in [0.29, 0.717) is 18.2 Å². The average molecular weight is 300 g/mol. The quantitative estimate of drug-likeness (QED) is 0.818. The lowest BCUT2D eigenvalue weighted by molar-refractivity contribution is -0.141. The highest BCUT2D eigenvalue weighted by molar-refractivity contribution is 7.99. The Bertz CT molecular complexity index is 377. The van der Waals surface area contributed by atoms with E-state index < -0.39 is 12.0 Å². The molecule has 0 bridgehead atoms. The van der Waals surface area contributed by atoms with Crippen LogP contribution in [0.4, 0.5) is 4.79 Å². The summed E-state index contributed by atoms with van der Waals surface area (Å²) < 4.78 is 0. The van der Waals surface area contributed by atoms with Gasteiger partial charge in [-0.3, -0.25) is 0 Å². The molecule has 2 aliphatic rings. The molecule has 1 saturated heterocycles. The highest BCUT2D eigenvalue weighted by atomic mass is 32.2. The molecule has 6 heteroatoms. The summed E-state index contributed by atoms with van der Waals surface area (Å²) in [7, 11) is 0. The van der Waals surface area contributed by atoms with Crippen molar-refractivity contribution in [3.63, 3.8) is 0 Å². The van der Waals surface area contributed by atoms with Crippen LogP contribution in [0.15, 0.2) is 0 Å². The molecule has 1 aliphatic carbocycles. The maximum absolute atomic E-state index is 12.4. The first-order chi connectivity index (χ1) is 9.49. The van der Waals surface area contributed by atoms with E-state index >= 15 is 0 Å². The van der Waals surface area contributed by atoms with Crippen LogP contribution in [0, 0.1) is 11.8 Å². The summed E-state index contributed by atoms with van der Waals surface area (Å²) in [6.45, 7) is 4.93. The van der Waals surface area contributed by atoms with Gasteiger partial charge >= 0.3 is 12.0 Å². The van der Waals surface area contributed by atoms with Crippen molar-refractivity contribution >= 4 is 23.8 Å². The van der Waals surface area contributed by atoms with Crippen molar-refractivity contribution in [3.05, 3.63) is 0 Å². The van der Waals surface area contributed by atoms with E-state index in [1.54, 1.807) is 11.8 Å². The van der Waals surface area contributed by atoms with Crippen LogP contribution in [0.1, 0.15) is 33.1 Å². The van der Waals surface area contributed by atoms with Crippen LogP contribution < -0.4 is 5.32 Å². The Morgan fingerprint density at radius 2 is 2.05 bits per heavy atom. The normalized spacial score (nSPS) is 34.6. The number of nitrogens with one attached hydrogen (secondary N) is 1. The van der Waals surface area contributed by atoms with E-state index in [9.17, 15) is 14.7 Å². The summed E-state index contributed by atoms with van der Waals surface area (Å²) in [6.07, 6.45) is 3.26. The first kappa shape index (κ1) is 15.5. The number of thioether (sulfide) groups is 1. The van der Waals surface area contributed by atoms with Crippen molar-refractivity contribution in [2.24, 2.45) is 11.8 Å². The minimum absolute atomic E-state index is 0.183. The van der Waals surface area contributed by atoms with Gasteiger partial charge in [0.1, 0.15) is 6.04 Å². The van der Waals surface area contributed by atoms with Gasteiger partial charge in [0.05, 0.1) is 0 Å². The molecule has 0 aromatic heterocycles. The van der Waals surface area contributed by atoms with Gasteiger partial charge in [-0.2, -0.15) is 11.8 Å². The first-order valence-electron chi connectivity index (χ1n) is 7.36. The number of hydrogen-bond donors (Lipinski definition) is 2. The fourth-order valence-electron chi connectivity index (χ4n) is 3.17. The molecule has 0 spiro atoms. The second-order valence-corrected chi connectivity index (χ2v) is 7.22. The third kappa shape index (κ3) is 3.59. The fourth-order valence-corrected chi connectivity index (χ4v) is 4.21. The minimum atomic E-state index is -0.905. The molecule has 0 aromatic carbocycles. The molecule has 114 valence electrons. The monoisotopic (exact) mass is 300 g/mol. The lowest BCUT2D eigenvalue weighted by Crippen LogP contribution is -2.56. The van der Waals surface area contributed by atoms with Crippen LogP contribution in [0.2, 0.25) is 0 Å². The minimum Gasteiger partial charge on any atom is -0.480 e. The number of urea groups is 1. The summed E-state index contributed by atoms with van der Waals surface area (Å²) in [5.74, 6) is 1.58. The number of carboxylic acids is 1. The molecule has 2 amide bonds. The fraction of sp³-hybridized carbons (Fsp3) is 0.857. The van der Waals surface area contributed by atoms with Gasteiger partial charge in [0.15, 0.2) is 0 Å². The lowest BCUT2D eigenvalue weighted by Gasteiger charge is -2.37. The molecule has 2 rings (SSSR count). The zero-order valence-corrected chi connectivity index (χ0v) is 13.0. The van der Waals surface area contributed by atoms with Gasteiger partial charge in [0.2, 0.25) is 0 Å². The molecule has 5 nitrogen and oxygen atoms in total. The second kappa shape index (κ2) is 6.70. The Labute approximate surface area is 124 Å². The molecular weight excluding hydrogens is 276 g/mol. The summed E-state index contributed by atoms with van der Waals surface area (Å²) >= 11 is 1.60. The molecule has 4 unspecified atom stereocenters. The SMILES string of the molecule is CC1CCC(NC(=O)N2CCSCC2C(=O)O)C(C)C1. The zero-order valence-electron chi connectivity index (χ0n) is 12.2. The van der Waals surface area contributed by atoms with Crippen LogP contribution in [0.25, 0.3) is 0 Å². The standard InChI is InChI=1S/C14H24N2O3S/c1-9-3-4-11(10(2)7-9)15-14(19)16-5-6-20-8-12(16)13(17)18/h9-12H,3-8H2,1-2H3,(H,15,19)(H,17,18). The number of rotatable bonds is 2. The highest BCUT2D eigenvalue weighted by Gasteiger charge is 2.34. The van der Waals surface area contributed by atoms with Crippen molar-refractivity contribution in [2.75, 3.05) is 18.1 Å². The molecular formula is C14H24N2O3S. The molecule has 0 aromatic rings. The molecule has 1 saturated carbocycles. The number of carbonyl (C=O) groups is 2. The third-order valence-corrected chi connectivity index (χ3v) is 5.44. The van der Waals surface area contributed by atoms with Gasteiger partial charge in [-0.1, -0.05) is 13.8 Å². The Morgan fingerprint density at radius 3 is 2.70 bits per heavy atom. The van der Waals surface area contributed by atoms with Crippen molar-refractivity contribution in [2.45, 2.75) is 45.2 Å². The van der Waals surface area contributed by atoms with Crippen LogP contribution in [-0.4, -0.2) is 52.1 Å².